The predicted molar refractivity (Wildman–Crippen MR) is 126 cm³/mol. The van der Waals surface area contributed by atoms with E-state index in [1.807, 2.05) is 41.9 Å². The number of carbonyl (C=O) groups excluding carboxylic acids is 2. The standard InChI is InChI=1S/C24H20N4O4S/c1-28-20-12-18(32-17-8-4-15(25)5-9-17)10-11-19(20)26-21(28)13-31-16-6-2-14(3-7-16)22-23(29)27-24(30)33-22/h2-12,22H,13,25H2,1H3,(H,27,29,30)/t22-/m1/s1. The lowest BCUT2D eigenvalue weighted by Gasteiger charge is -2.09. The van der Waals surface area contributed by atoms with Crippen LogP contribution in [0.2, 0.25) is 0 Å². The maximum absolute atomic E-state index is 11.8. The van der Waals surface area contributed by atoms with Crippen LogP contribution in [0.25, 0.3) is 11.0 Å². The number of thioether (sulfide) groups is 1. The Morgan fingerprint density at radius 2 is 1.70 bits per heavy atom. The number of nitrogens with zero attached hydrogens (tertiary/aromatic N) is 2. The summed E-state index contributed by atoms with van der Waals surface area (Å²) in [7, 11) is 1.93. The first kappa shape index (κ1) is 20.9. The molecule has 3 N–H and O–H groups in total. The van der Waals surface area contributed by atoms with Crippen molar-refractivity contribution in [3.05, 3.63) is 78.1 Å². The van der Waals surface area contributed by atoms with Gasteiger partial charge in [-0.1, -0.05) is 12.1 Å². The monoisotopic (exact) mass is 460 g/mol. The fourth-order valence-corrected chi connectivity index (χ4v) is 4.38. The molecular weight excluding hydrogens is 440 g/mol. The second-order valence-electron chi connectivity index (χ2n) is 7.54. The first-order chi connectivity index (χ1) is 16.0. The fraction of sp³-hybridized carbons (Fsp3) is 0.125. The van der Waals surface area contributed by atoms with E-state index in [0.29, 0.717) is 22.9 Å². The molecule has 5 rings (SSSR count). The third kappa shape index (κ3) is 4.35. The summed E-state index contributed by atoms with van der Waals surface area (Å²) in [6.45, 7) is 0.274. The maximum atomic E-state index is 11.8. The number of imide groups is 1. The number of ether oxygens (including phenoxy) is 2. The highest BCUT2D eigenvalue weighted by atomic mass is 32.2. The predicted octanol–water partition coefficient (Wildman–Crippen LogP) is 4.55. The normalized spacial score (nSPS) is 15.6. The zero-order valence-corrected chi connectivity index (χ0v) is 18.5. The van der Waals surface area contributed by atoms with Gasteiger partial charge in [0.05, 0.1) is 11.0 Å². The van der Waals surface area contributed by atoms with Crippen LogP contribution in [-0.2, 0) is 18.4 Å². The lowest BCUT2D eigenvalue weighted by Crippen LogP contribution is -2.20. The van der Waals surface area contributed by atoms with Crippen molar-refractivity contribution in [3.63, 3.8) is 0 Å². The first-order valence-electron chi connectivity index (χ1n) is 10.2. The Bertz CT molecular complexity index is 1350. The van der Waals surface area contributed by atoms with Gasteiger partial charge >= 0.3 is 0 Å². The van der Waals surface area contributed by atoms with Crippen molar-refractivity contribution >= 4 is 39.6 Å². The van der Waals surface area contributed by atoms with E-state index < -0.39 is 5.25 Å². The number of aromatic nitrogens is 2. The summed E-state index contributed by atoms with van der Waals surface area (Å²) in [5.74, 6) is 2.52. The number of anilines is 1. The largest absolute Gasteiger partial charge is 0.486 e. The van der Waals surface area contributed by atoms with Gasteiger partial charge in [0.15, 0.2) is 0 Å². The number of fused-ring (bicyclic) bond motifs is 1. The van der Waals surface area contributed by atoms with Crippen LogP contribution in [0.15, 0.2) is 66.7 Å². The summed E-state index contributed by atoms with van der Waals surface area (Å²) in [6.07, 6.45) is 0. The molecule has 3 aromatic carbocycles. The molecule has 0 unspecified atom stereocenters. The Balaban J connectivity index is 1.28. The Labute approximate surface area is 193 Å². The number of aryl methyl sites for hydroxylation is 1. The number of benzene rings is 3. The Hall–Kier alpha value is -3.98. The van der Waals surface area contributed by atoms with Gasteiger partial charge in [0.25, 0.3) is 5.24 Å². The highest BCUT2D eigenvalue weighted by Gasteiger charge is 2.32. The van der Waals surface area contributed by atoms with Crippen LogP contribution in [0.5, 0.6) is 17.2 Å². The summed E-state index contributed by atoms with van der Waals surface area (Å²) in [4.78, 5) is 27.9. The number of hydrogen-bond acceptors (Lipinski definition) is 7. The Morgan fingerprint density at radius 1 is 1.00 bits per heavy atom. The van der Waals surface area contributed by atoms with E-state index in [2.05, 4.69) is 10.3 Å². The van der Waals surface area contributed by atoms with Crippen LogP contribution < -0.4 is 20.5 Å². The number of nitrogens with two attached hydrogens (primary N) is 1. The van der Waals surface area contributed by atoms with E-state index in [-0.39, 0.29) is 17.8 Å². The molecule has 0 aliphatic carbocycles. The van der Waals surface area contributed by atoms with Gasteiger partial charge in [0, 0.05) is 18.8 Å². The lowest BCUT2D eigenvalue weighted by atomic mass is 10.1. The molecular formula is C24H20N4O4S. The number of carbonyl (C=O) groups is 2. The van der Waals surface area contributed by atoms with Crippen LogP contribution in [-0.4, -0.2) is 20.7 Å². The number of nitrogen functional groups attached to an aromatic ring is 1. The summed E-state index contributed by atoms with van der Waals surface area (Å²) in [5.41, 5.74) is 8.92. The van der Waals surface area contributed by atoms with Gasteiger partial charge in [-0.25, -0.2) is 4.98 Å². The number of nitrogens with one attached hydrogen (secondary N) is 1. The summed E-state index contributed by atoms with van der Waals surface area (Å²) >= 11 is 0.980. The van der Waals surface area contributed by atoms with Gasteiger partial charge < -0.3 is 19.8 Å². The molecule has 33 heavy (non-hydrogen) atoms. The van der Waals surface area contributed by atoms with Gasteiger partial charge in [-0.05, 0) is 65.9 Å². The third-order valence-corrected chi connectivity index (χ3v) is 6.34. The third-order valence-electron chi connectivity index (χ3n) is 5.30. The van der Waals surface area contributed by atoms with Crippen LogP contribution in [0.1, 0.15) is 16.6 Å². The van der Waals surface area contributed by atoms with E-state index in [4.69, 9.17) is 15.2 Å². The molecule has 1 aliphatic heterocycles. The van der Waals surface area contributed by atoms with Crippen LogP contribution in [0.3, 0.4) is 0 Å². The maximum Gasteiger partial charge on any atom is 0.286 e. The van der Waals surface area contributed by atoms with E-state index in [1.54, 1.807) is 36.4 Å². The van der Waals surface area contributed by atoms with Crippen LogP contribution in [0.4, 0.5) is 10.5 Å². The number of rotatable bonds is 6. The molecule has 0 radical (unpaired) electrons. The van der Waals surface area contributed by atoms with Gasteiger partial charge in [0.2, 0.25) is 5.91 Å². The van der Waals surface area contributed by atoms with Crippen LogP contribution in [0, 0.1) is 0 Å². The SMILES string of the molecule is Cn1c(COc2ccc([C@H]3SC(=O)NC3=O)cc2)nc2ccc(Oc3ccc(N)cc3)cc21. The molecule has 2 heterocycles. The van der Waals surface area contributed by atoms with Gasteiger partial charge in [-0.3, -0.25) is 14.9 Å². The summed E-state index contributed by atoms with van der Waals surface area (Å²) in [5, 5.41) is 1.45. The lowest BCUT2D eigenvalue weighted by molar-refractivity contribution is -0.119. The number of amides is 2. The van der Waals surface area contributed by atoms with E-state index in [0.717, 1.165) is 34.2 Å². The zero-order valence-electron chi connectivity index (χ0n) is 17.6. The van der Waals surface area contributed by atoms with E-state index in [9.17, 15) is 9.59 Å². The average molecular weight is 461 g/mol. The van der Waals surface area contributed by atoms with E-state index >= 15 is 0 Å². The van der Waals surface area contributed by atoms with E-state index in [1.165, 1.54) is 0 Å². The molecule has 1 atom stereocenters. The zero-order chi connectivity index (χ0) is 22.9. The van der Waals surface area contributed by atoms with Crippen molar-refractivity contribution in [1.29, 1.82) is 0 Å². The minimum Gasteiger partial charge on any atom is -0.486 e. The molecule has 0 spiro atoms. The van der Waals surface area contributed by atoms with Gasteiger partial charge in [0.1, 0.15) is 34.9 Å². The molecule has 0 bridgehead atoms. The minimum absolute atomic E-state index is 0.274. The van der Waals surface area contributed by atoms with Crippen molar-refractivity contribution in [2.45, 2.75) is 11.9 Å². The quantitative estimate of drug-likeness (QED) is 0.406. The molecule has 166 valence electrons. The molecule has 1 aliphatic rings. The molecule has 1 saturated heterocycles. The Morgan fingerprint density at radius 3 is 2.39 bits per heavy atom. The second kappa shape index (κ2) is 8.51. The topological polar surface area (TPSA) is 108 Å². The summed E-state index contributed by atoms with van der Waals surface area (Å²) in [6, 6.07) is 20.1. The van der Waals surface area contributed by atoms with Crippen molar-refractivity contribution in [3.8, 4) is 17.2 Å². The molecule has 9 heteroatoms. The minimum atomic E-state index is -0.518. The molecule has 2 amide bonds. The van der Waals surface area contributed by atoms with Crippen LogP contribution >= 0.6 is 11.8 Å². The molecule has 8 nitrogen and oxygen atoms in total. The fourth-order valence-electron chi connectivity index (χ4n) is 3.55. The Kier molecular flexibility index (Phi) is 5.39. The molecule has 1 aromatic heterocycles. The van der Waals surface area contributed by atoms with Crippen molar-refractivity contribution in [2.75, 3.05) is 5.73 Å². The molecule has 1 fully saturated rings. The highest BCUT2D eigenvalue weighted by molar-refractivity contribution is 8.15. The van der Waals surface area contributed by atoms with Gasteiger partial charge in [-0.2, -0.15) is 0 Å². The molecule has 0 saturated carbocycles. The van der Waals surface area contributed by atoms with Crippen molar-refractivity contribution < 1.29 is 19.1 Å². The number of imidazole rings is 1. The average Bonchev–Trinajstić information content (AvgIpc) is 3.32. The summed E-state index contributed by atoms with van der Waals surface area (Å²) < 4.78 is 13.8. The van der Waals surface area contributed by atoms with Crippen molar-refractivity contribution in [1.82, 2.24) is 14.9 Å². The highest BCUT2D eigenvalue weighted by Crippen LogP contribution is 2.35. The molecule has 4 aromatic rings. The number of hydrogen-bond donors (Lipinski definition) is 2. The first-order valence-corrected chi connectivity index (χ1v) is 11.1. The second-order valence-corrected chi connectivity index (χ2v) is 8.62. The van der Waals surface area contributed by atoms with Gasteiger partial charge in [-0.15, -0.1) is 0 Å². The van der Waals surface area contributed by atoms with Crippen molar-refractivity contribution in [2.24, 2.45) is 7.05 Å². The smallest absolute Gasteiger partial charge is 0.286 e.